The van der Waals surface area contributed by atoms with Gasteiger partial charge in [-0.15, -0.1) is 24.0 Å². The van der Waals surface area contributed by atoms with Gasteiger partial charge in [-0.25, -0.2) is 0 Å². The van der Waals surface area contributed by atoms with E-state index in [1.807, 2.05) is 43.4 Å². The summed E-state index contributed by atoms with van der Waals surface area (Å²) in [6.07, 6.45) is 0.858. The second-order valence-corrected chi connectivity index (χ2v) is 6.69. The van der Waals surface area contributed by atoms with E-state index >= 15 is 0 Å². The number of rotatable bonds is 4. The smallest absolute Gasteiger partial charge is 0.193 e. The molecule has 0 aliphatic carbocycles. The van der Waals surface area contributed by atoms with Crippen molar-refractivity contribution in [2.24, 2.45) is 4.99 Å². The summed E-state index contributed by atoms with van der Waals surface area (Å²) in [5, 5.41) is 14.3. The number of hydrogen-bond acceptors (Lipinski definition) is 3. The van der Waals surface area contributed by atoms with E-state index in [4.69, 9.17) is 11.6 Å². The van der Waals surface area contributed by atoms with Gasteiger partial charge in [-0.1, -0.05) is 41.9 Å². The zero-order valence-electron chi connectivity index (χ0n) is 15.4. The van der Waals surface area contributed by atoms with Gasteiger partial charge in [0.25, 0.3) is 0 Å². The largest absolute Gasteiger partial charge is 0.506 e. The Kier molecular flexibility index (Phi) is 8.50. The van der Waals surface area contributed by atoms with E-state index in [0.717, 1.165) is 61.4 Å². The molecule has 0 amide bonds. The number of nitrogens with one attached hydrogen (secondary N) is 1. The standard InChI is InChI=1S/C20H25ClN4O.HI/c1-22-20(23-11-10-16-6-2-3-7-17(16)21)25-14-12-24(13-15-25)18-8-4-5-9-19(18)26;/h2-9,26H,10-15H2,1H3,(H,22,23);1H. The molecule has 1 aliphatic rings. The molecule has 1 saturated heterocycles. The molecule has 2 N–H and O–H groups in total. The van der Waals surface area contributed by atoms with Crippen LogP contribution in [-0.2, 0) is 6.42 Å². The van der Waals surface area contributed by atoms with Crippen molar-refractivity contribution in [1.29, 1.82) is 0 Å². The number of piperazine rings is 1. The van der Waals surface area contributed by atoms with Crippen molar-refractivity contribution in [1.82, 2.24) is 10.2 Å². The molecule has 7 heteroatoms. The molecule has 5 nitrogen and oxygen atoms in total. The lowest BCUT2D eigenvalue weighted by molar-refractivity contribution is 0.370. The summed E-state index contributed by atoms with van der Waals surface area (Å²) in [5.41, 5.74) is 2.04. The first-order chi connectivity index (χ1) is 12.7. The predicted octanol–water partition coefficient (Wildman–Crippen LogP) is 3.60. The average Bonchev–Trinajstić information content (AvgIpc) is 2.67. The van der Waals surface area contributed by atoms with Crippen LogP contribution in [0.4, 0.5) is 5.69 Å². The van der Waals surface area contributed by atoms with Crippen LogP contribution in [-0.4, -0.2) is 55.7 Å². The lowest BCUT2D eigenvalue weighted by Crippen LogP contribution is -2.52. The molecule has 2 aromatic rings. The quantitative estimate of drug-likeness (QED) is 0.383. The summed E-state index contributed by atoms with van der Waals surface area (Å²) >= 11 is 6.21. The number of anilines is 1. The molecule has 0 aromatic heterocycles. The Morgan fingerprint density at radius 1 is 1.07 bits per heavy atom. The van der Waals surface area contributed by atoms with Crippen molar-refractivity contribution in [2.45, 2.75) is 6.42 Å². The van der Waals surface area contributed by atoms with E-state index in [9.17, 15) is 5.11 Å². The highest BCUT2D eigenvalue weighted by atomic mass is 127. The van der Waals surface area contributed by atoms with Crippen molar-refractivity contribution < 1.29 is 5.11 Å². The summed E-state index contributed by atoms with van der Waals surface area (Å²) < 4.78 is 0. The monoisotopic (exact) mass is 500 g/mol. The zero-order chi connectivity index (χ0) is 18.4. The first kappa shape index (κ1) is 21.6. The number of hydrogen-bond donors (Lipinski definition) is 2. The average molecular weight is 501 g/mol. The third-order valence-electron chi connectivity index (χ3n) is 4.65. The Balaban J connectivity index is 0.00000261. The number of nitrogens with zero attached hydrogens (tertiary/aromatic N) is 3. The molecule has 1 fully saturated rings. The molecule has 1 heterocycles. The third kappa shape index (κ3) is 5.65. The van der Waals surface area contributed by atoms with E-state index in [1.54, 1.807) is 6.07 Å². The number of phenolic OH excluding ortho intramolecular Hbond substituents is 1. The van der Waals surface area contributed by atoms with E-state index in [-0.39, 0.29) is 24.0 Å². The maximum absolute atomic E-state index is 10.0. The second-order valence-electron chi connectivity index (χ2n) is 6.28. The van der Waals surface area contributed by atoms with Gasteiger partial charge in [0.15, 0.2) is 5.96 Å². The van der Waals surface area contributed by atoms with Gasteiger partial charge in [0.2, 0.25) is 0 Å². The van der Waals surface area contributed by atoms with Crippen LogP contribution in [0.3, 0.4) is 0 Å². The Morgan fingerprint density at radius 3 is 2.41 bits per heavy atom. The van der Waals surface area contributed by atoms with Gasteiger partial charge in [0.1, 0.15) is 5.75 Å². The summed E-state index contributed by atoms with van der Waals surface area (Å²) in [4.78, 5) is 8.88. The number of aromatic hydroxyl groups is 1. The van der Waals surface area contributed by atoms with E-state index in [1.165, 1.54) is 0 Å². The second kappa shape index (κ2) is 10.6. The van der Waals surface area contributed by atoms with Crippen molar-refractivity contribution in [3.05, 3.63) is 59.1 Å². The number of guanidine groups is 1. The minimum absolute atomic E-state index is 0. The van der Waals surface area contributed by atoms with E-state index in [2.05, 4.69) is 26.2 Å². The van der Waals surface area contributed by atoms with Crippen LogP contribution >= 0.6 is 35.6 Å². The molecule has 3 rings (SSSR count). The maximum Gasteiger partial charge on any atom is 0.193 e. The number of phenols is 1. The van der Waals surface area contributed by atoms with Crippen molar-refractivity contribution >= 4 is 47.2 Å². The molecule has 0 atom stereocenters. The van der Waals surface area contributed by atoms with Crippen LogP contribution in [0.25, 0.3) is 0 Å². The van der Waals surface area contributed by atoms with E-state index < -0.39 is 0 Å². The van der Waals surface area contributed by atoms with Gasteiger partial charge >= 0.3 is 0 Å². The summed E-state index contributed by atoms with van der Waals surface area (Å²) in [5.74, 6) is 1.25. The zero-order valence-corrected chi connectivity index (χ0v) is 18.5. The van der Waals surface area contributed by atoms with Crippen molar-refractivity contribution in [3.63, 3.8) is 0 Å². The van der Waals surface area contributed by atoms with Gasteiger partial charge in [-0.05, 0) is 30.2 Å². The van der Waals surface area contributed by atoms with E-state index in [0.29, 0.717) is 5.75 Å². The Morgan fingerprint density at radius 2 is 1.74 bits per heavy atom. The molecule has 0 spiro atoms. The molecule has 0 unspecified atom stereocenters. The van der Waals surface area contributed by atoms with Crippen LogP contribution in [0.5, 0.6) is 5.75 Å². The minimum atomic E-state index is 0. The molecule has 2 aromatic carbocycles. The van der Waals surface area contributed by atoms with Gasteiger partial charge in [-0.2, -0.15) is 0 Å². The molecular formula is C20H26ClIN4O. The van der Waals surface area contributed by atoms with Crippen LogP contribution in [0.15, 0.2) is 53.5 Å². The maximum atomic E-state index is 10.0. The normalized spacial score (nSPS) is 14.7. The summed E-state index contributed by atoms with van der Waals surface area (Å²) in [6.45, 7) is 4.21. The number of aliphatic imine (C=N–C) groups is 1. The Bertz CT molecular complexity index is 763. The lowest BCUT2D eigenvalue weighted by atomic mass is 10.1. The predicted molar refractivity (Wildman–Crippen MR) is 124 cm³/mol. The highest BCUT2D eigenvalue weighted by molar-refractivity contribution is 14.0. The van der Waals surface area contributed by atoms with Crippen LogP contribution < -0.4 is 10.2 Å². The number of benzene rings is 2. The van der Waals surface area contributed by atoms with Crippen LogP contribution in [0.2, 0.25) is 5.02 Å². The first-order valence-corrected chi connectivity index (χ1v) is 9.29. The minimum Gasteiger partial charge on any atom is -0.506 e. The number of halogens is 2. The lowest BCUT2D eigenvalue weighted by Gasteiger charge is -2.37. The van der Waals surface area contributed by atoms with Gasteiger partial charge < -0.3 is 20.2 Å². The fraction of sp³-hybridized carbons (Fsp3) is 0.350. The molecule has 0 radical (unpaired) electrons. The first-order valence-electron chi connectivity index (χ1n) is 8.91. The molecule has 0 saturated carbocycles. The van der Waals surface area contributed by atoms with Gasteiger partial charge in [-0.3, -0.25) is 4.99 Å². The highest BCUT2D eigenvalue weighted by Crippen LogP contribution is 2.27. The van der Waals surface area contributed by atoms with Gasteiger partial charge in [0.05, 0.1) is 5.69 Å². The summed E-state index contributed by atoms with van der Waals surface area (Å²) in [6, 6.07) is 15.4. The molecular weight excluding hydrogens is 475 g/mol. The summed E-state index contributed by atoms with van der Waals surface area (Å²) in [7, 11) is 1.81. The molecule has 27 heavy (non-hydrogen) atoms. The van der Waals surface area contributed by atoms with Crippen LogP contribution in [0, 0.1) is 0 Å². The van der Waals surface area contributed by atoms with Crippen molar-refractivity contribution in [3.8, 4) is 5.75 Å². The highest BCUT2D eigenvalue weighted by Gasteiger charge is 2.21. The Labute approximate surface area is 183 Å². The van der Waals surface area contributed by atoms with Gasteiger partial charge in [0, 0.05) is 44.8 Å². The van der Waals surface area contributed by atoms with Crippen LogP contribution in [0.1, 0.15) is 5.56 Å². The SMILES string of the molecule is CN=C(NCCc1ccccc1Cl)N1CCN(c2ccccc2O)CC1.I. The number of para-hydroxylation sites is 2. The fourth-order valence-electron chi connectivity index (χ4n) is 3.23. The third-order valence-corrected chi connectivity index (χ3v) is 5.02. The fourth-order valence-corrected chi connectivity index (χ4v) is 3.46. The molecule has 0 bridgehead atoms. The Hall–Kier alpha value is -1.67. The topological polar surface area (TPSA) is 51.1 Å². The van der Waals surface area contributed by atoms with Crippen molar-refractivity contribution in [2.75, 3.05) is 44.7 Å². The molecule has 1 aliphatic heterocycles. The molecule has 146 valence electrons.